The highest BCUT2D eigenvalue weighted by Crippen LogP contribution is 2.28. The van der Waals surface area contributed by atoms with Crippen LogP contribution in [0.1, 0.15) is 62.1 Å². The molecule has 1 atom stereocenters. The van der Waals surface area contributed by atoms with Gasteiger partial charge in [-0.15, -0.1) is 11.3 Å². The molecule has 6 heteroatoms. The number of aryl methyl sites for hydroxylation is 1. The second-order valence-corrected chi connectivity index (χ2v) is 9.14. The molecule has 1 saturated heterocycles. The number of hydrogen-bond donors (Lipinski definition) is 1. The number of urea groups is 1. The van der Waals surface area contributed by atoms with Gasteiger partial charge < -0.3 is 15.1 Å². The number of rotatable bonds is 8. The summed E-state index contributed by atoms with van der Waals surface area (Å²) in [5.41, 5.74) is 2.44. The van der Waals surface area contributed by atoms with Crippen LogP contribution < -0.4 is 5.32 Å². The summed E-state index contributed by atoms with van der Waals surface area (Å²) in [5.74, 6) is 0.0357. The SMILES string of the molecule is CCCc1ccc(C(NC(=O)C2CCN(C(=O)N(CC)CC)CC2)c2cccs2)cc1. The third-order valence-electron chi connectivity index (χ3n) is 6.14. The number of piperidine rings is 1. The smallest absolute Gasteiger partial charge is 0.319 e. The average Bonchev–Trinajstić information content (AvgIpc) is 3.34. The van der Waals surface area contributed by atoms with Crippen molar-refractivity contribution in [3.63, 3.8) is 0 Å². The number of benzene rings is 1. The zero-order valence-corrected chi connectivity index (χ0v) is 19.8. The van der Waals surface area contributed by atoms with E-state index in [2.05, 4.69) is 48.0 Å². The van der Waals surface area contributed by atoms with Gasteiger partial charge in [-0.1, -0.05) is 43.7 Å². The lowest BCUT2D eigenvalue weighted by molar-refractivity contribution is -0.126. The lowest BCUT2D eigenvalue weighted by Gasteiger charge is -2.35. The molecule has 1 aliphatic heterocycles. The fourth-order valence-corrected chi connectivity index (χ4v) is 5.03. The Labute approximate surface area is 190 Å². The van der Waals surface area contributed by atoms with E-state index in [-0.39, 0.29) is 23.9 Å². The van der Waals surface area contributed by atoms with Gasteiger partial charge in [0.15, 0.2) is 0 Å². The van der Waals surface area contributed by atoms with E-state index < -0.39 is 0 Å². The van der Waals surface area contributed by atoms with Crippen LogP contribution in [0.15, 0.2) is 41.8 Å². The number of likely N-dealkylation sites (tertiary alicyclic amines) is 1. The molecule has 3 amide bonds. The molecule has 0 aliphatic carbocycles. The Morgan fingerprint density at radius 3 is 2.32 bits per heavy atom. The Hall–Kier alpha value is -2.34. The lowest BCUT2D eigenvalue weighted by Crippen LogP contribution is -2.48. The highest BCUT2D eigenvalue weighted by molar-refractivity contribution is 7.10. The Kier molecular flexibility index (Phi) is 8.52. The molecule has 1 aliphatic rings. The minimum absolute atomic E-state index is 0.0532. The Balaban J connectivity index is 1.64. The summed E-state index contributed by atoms with van der Waals surface area (Å²) in [5, 5.41) is 5.36. The second-order valence-electron chi connectivity index (χ2n) is 8.16. The Morgan fingerprint density at radius 1 is 1.10 bits per heavy atom. The van der Waals surface area contributed by atoms with E-state index in [0.29, 0.717) is 25.9 Å². The number of hydrogen-bond acceptors (Lipinski definition) is 3. The van der Waals surface area contributed by atoms with Gasteiger partial charge in [-0.2, -0.15) is 0 Å². The van der Waals surface area contributed by atoms with Gasteiger partial charge in [0.25, 0.3) is 0 Å². The van der Waals surface area contributed by atoms with Gasteiger partial charge in [0.1, 0.15) is 0 Å². The molecule has 1 aromatic carbocycles. The van der Waals surface area contributed by atoms with Crippen molar-refractivity contribution < 1.29 is 9.59 Å². The molecular formula is C25H35N3O2S. The quantitative estimate of drug-likeness (QED) is 0.621. The molecule has 1 unspecified atom stereocenters. The Morgan fingerprint density at radius 2 is 1.77 bits per heavy atom. The van der Waals surface area contributed by atoms with Gasteiger partial charge in [-0.25, -0.2) is 4.79 Å². The van der Waals surface area contributed by atoms with E-state index in [4.69, 9.17) is 0 Å². The van der Waals surface area contributed by atoms with E-state index in [9.17, 15) is 9.59 Å². The van der Waals surface area contributed by atoms with Gasteiger partial charge >= 0.3 is 6.03 Å². The number of carbonyl (C=O) groups is 2. The fourth-order valence-electron chi connectivity index (χ4n) is 4.23. The van der Waals surface area contributed by atoms with E-state index >= 15 is 0 Å². The molecule has 0 bridgehead atoms. The topological polar surface area (TPSA) is 52.7 Å². The largest absolute Gasteiger partial charge is 0.344 e. The predicted octanol–water partition coefficient (Wildman–Crippen LogP) is 5.08. The molecule has 2 aromatic rings. The number of nitrogens with zero attached hydrogens (tertiary/aromatic N) is 2. The van der Waals surface area contributed by atoms with E-state index in [1.807, 2.05) is 29.7 Å². The highest BCUT2D eigenvalue weighted by atomic mass is 32.1. The van der Waals surface area contributed by atoms with E-state index in [1.165, 1.54) is 5.56 Å². The monoisotopic (exact) mass is 441 g/mol. The maximum Gasteiger partial charge on any atom is 0.319 e. The van der Waals surface area contributed by atoms with E-state index in [1.54, 1.807) is 11.3 Å². The van der Waals surface area contributed by atoms with Crippen molar-refractivity contribution in [2.45, 2.75) is 52.5 Å². The van der Waals surface area contributed by atoms with Crippen molar-refractivity contribution in [1.82, 2.24) is 15.1 Å². The molecule has 0 radical (unpaired) electrons. The normalized spacial score (nSPS) is 15.5. The van der Waals surface area contributed by atoms with Crippen LogP contribution in [0, 0.1) is 5.92 Å². The van der Waals surface area contributed by atoms with Crippen molar-refractivity contribution in [3.05, 3.63) is 57.8 Å². The van der Waals surface area contributed by atoms with Crippen LogP contribution in [-0.2, 0) is 11.2 Å². The van der Waals surface area contributed by atoms with E-state index in [0.717, 1.165) is 36.4 Å². The Bertz CT molecular complexity index is 823. The van der Waals surface area contributed by atoms with Crippen LogP contribution in [0.2, 0.25) is 0 Å². The molecule has 1 fully saturated rings. The summed E-state index contributed by atoms with van der Waals surface area (Å²) >= 11 is 1.67. The summed E-state index contributed by atoms with van der Waals surface area (Å²) < 4.78 is 0. The van der Waals surface area contributed by atoms with Crippen molar-refractivity contribution in [2.75, 3.05) is 26.2 Å². The zero-order valence-electron chi connectivity index (χ0n) is 19.0. The summed E-state index contributed by atoms with van der Waals surface area (Å²) in [7, 11) is 0. The molecule has 31 heavy (non-hydrogen) atoms. The van der Waals surface area contributed by atoms with Crippen LogP contribution in [0.25, 0.3) is 0 Å². The first-order valence-corrected chi connectivity index (χ1v) is 12.4. The number of amides is 3. The number of carbonyl (C=O) groups excluding carboxylic acids is 2. The summed E-state index contributed by atoms with van der Waals surface area (Å²) in [6.07, 6.45) is 3.62. The highest BCUT2D eigenvalue weighted by Gasteiger charge is 2.30. The van der Waals surface area contributed by atoms with Gasteiger partial charge in [0, 0.05) is 37.0 Å². The number of thiophene rings is 1. The van der Waals surface area contributed by atoms with Crippen molar-refractivity contribution in [3.8, 4) is 0 Å². The van der Waals surface area contributed by atoms with Crippen LogP contribution >= 0.6 is 11.3 Å². The van der Waals surface area contributed by atoms with Gasteiger partial charge in [-0.3, -0.25) is 4.79 Å². The first-order valence-electron chi connectivity index (χ1n) is 11.5. The third-order valence-corrected chi connectivity index (χ3v) is 7.07. The molecule has 168 valence electrons. The molecular weight excluding hydrogens is 406 g/mol. The van der Waals surface area contributed by atoms with Crippen LogP contribution in [-0.4, -0.2) is 47.9 Å². The summed E-state index contributed by atoms with van der Waals surface area (Å²) in [6.45, 7) is 8.90. The molecule has 1 N–H and O–H groups in total. The maximum atomic E-state index is 13.1. The van der Waals surface area contributed by atoms with Crippen LogP contribution in [0.3, 0.4) is 0 Å². The van der Waals surface area contributed by atoms with Crippen molar-refractivity contribution >= 4 is 23.3 Å². The molecule has 0 spiro atoms. The molecule has 0 saturated carbocycles. The first kappa shape index (κ1) is 23.3. The molecule has 1 aromatic heterocycles. The lowest BCUT2D eigenvalue weighted by atomic mass is 9.94. The van der Waals surface area contributed by atoms with Gasteiger partial charge in [0.05, 0.1) is 6.04 Å². The standard InChI is InChI=1S/C25H35N3O2S/c1-4-8-19-10-12-20(13-11-19)23(22-9-7-18-31-22)26-24(29)21-14-16-28(17-15-21)25(30)27(5-2)6-3/h7,9-13,18,21,23H,4-6,8,14-17H2,1-3H3,(H,26,29). The second kappa shape index (κ2) is 11.3. The maximum absolute atomic E-state index is 13.1. The minimum Gasteiger partial charge on any atom is -0.344 e. The summed E-state index contributed by atoms with van der Waals surface area (Å²) in [4.78, 5) is 30.6. The predicted molar refractivity (Wildman–Crippen MR) is 127 cm³/mol. The number of nitrogens with one attached hydrogen (secondary N) is 1. The minimum atomic E-state index is -0.126. The third kappa shape index (κ3) is 5.88. The molecule has 3 rings (SSSR count). The van der Waals surface area contributed by atoms with Crippen molar-refractivity contribution in [1.29, 1.82) is 0 Å². The molecule has 2 heterocycles. The van der Waals surface area contributed by atoms with Crippen LogP contribution in [0.4, 0.5) is 4.79 Å². The van der Waals surface area contributed by atoms with Gasteiger partial charge in [0.2, 0.25) is 5.91 Å². The zero-order chi connectivity index (χ0) is 22.2. The summed E-state index contributed by atoms with van der Waals surface area (Å²) in [6, 6.07) is 12.7. The van der Waals surface area contributed by atoms with Gasteiger partial charge in [-0.05, 0) is 55.7 Å². The average molecular weight is 442 g/mol. The first-order chi connectivity index (χ1) is 15.1. The van der Waals surface area contributed by atoms with Crippen LogP contribution in [0.5, 0.6) is 0 Å². The molecule has 5 nitrogen and oxygen atoms in total. The van der Waals surface area contributed by atoms with Crippen molar-refractivity contribution in [2.24, 2.45) is 5.92 Å². The fraction of sp³-hybridized carbons (Fsp3) is 0.520.